The van der Waals surface area contributed by atoms with Gasteiger partial charge in [-0.3, -0.25) is 4.79 Å². The van der Waals surface area contributed by atoms with Crippen molar-refractivity contribution in [2.75, 3.05) is 25.0 Å². The van der Waals surface area contributed by atoms with Gasteiger partial charge in [0.2, 0.25) is 5.91 Å². The van der Waals surface area contributed by atoms with Crippen LogP contribution in [-0.2, 0) is 11.3 Å². The molecule has 7 nitrogen and oxygen atoms in total. The lowest BCUT2D eigenvalue weighted by Crippen LogP contribution is -2.43. The number of piperidine rings is 1. The first-order valence-corrected chi connectivity index (χ1v) is 9.56. The number of nitrogens with zero attached hydrogens (tertiary/aromatic N) is 6. The molecular formula is C21H24N6O. The second-order valence-corrected chi connectivity index (χ2v) is 7.15. The molecule has 1 atom stereocenters. The largest absolute Gasteiger partial charge is 0.356 e. The number of carbonyl (C=O) groups excluding carboxylic acids is 1. The van der Waals surface area contributed by atoms with Crippen LogP contribution in [0.25, 0.3) is 5.82 Å². The van der Waals surface area contributed by atoms with E-state index in [4.69, 9.17) is 0 Å². The van der Waals surface area contributed by atoms with Crippen LogP contribution in [0.2, 0.25) is 0 Å². The number of hydrogen-bond donors (Lipinski definition) is 0. The van der Waals surface area contributed by atoms with Gasteiger partial charge in [-0.1, -0.05) is 30.3 Å². The molecule has 0 radical (unpaired) electrons. The van der Waals surface area contributed by atoms with Crippen LogP contribution in [0, 0.1) is 5.92 Å². The summed E-state index contributed by atoms with van der Waals surface area (Å²) >= 11 is 0. The van der Waals surface area contributed by atoms with Crippen molar-refractivity contribution in [1.29, 1.82) is 0 Å². The molecule has 1 fully saturated rings. The second kappa shape index (κ2) is 8.21. The molecule has 1 aromatic carbocycles. The van der Waals surface area contributed by atoms with E-state index in [1.54, 1.807) is 17.2 Å². The fourth-order valence-electron chi connectivity index (χ4n) is 3.67. The zero-order valence-electron chi connectivity index (χ0n) is 16.0. The van der Waals surface area contributed by atoms with E-state index in [1.165, 1.54) is 0 Å². The monoisotopic (exact) mass is 376 g/mol. The third-order valence-electron chi connectivity index (χ3n) is 5.11. The van der Waals surface area contributed by atoms with Crippen molar-refractivity contribution in [2.24, 2.45) is 5.92 Å². The molecule has 1 unspecified atom stereocenters. The molecule has 1 amide bonds. The smallest absolute Gasteiger partial charge is 0.227 e. The van der Waals surface area contributed by atoms with Gasteiger partial charge in [-0.2, -0.15) is 5.10 Å². The van der Waals surface area contributed by atoms with Gasteiger partial charge in [0.25, 0.3) is 0 Å². The van der Waals surface area contributed by atoms with Gasteiger partial charge in [-0.25, -0.2) is 14.6 Å². The number of anilines is 1. The lowest BCUT2D eigenvalue weighted by molar-refractivity contribution is -0.135. The standard InChI is InChI=1S/C21H24N6O/c1-25(14-17-7-3-2-4-8-17)21(28)18-9-5-11-26(15-18)19-13-20(23-16-22-19)27-12-6-10-24-27/h2-4,6-8,10,12-13,16,18H,5,9,11,14-15H2,1H3. The third-order valence-corrected chi connectivity index (χ3v) is 5.11. The molecular weight excluding hydrogens is 352 g/mol. The maximum absolute atomic E-state index is 13.0. The summed E-state index contributed by atoms with van der Waals surface area (Å²) < 4.78 is 1.71. The number of aromatic nitrogens is 4. The zero-order chi connectivity index (χ0) is 19.3. The molecule has 3 aromatic rings. The molecule has 144 valence electrons. The molecule has 7 heteroatoms. The van der Waals surface area contributed by atoms with Crippen molar-refractivity contribution >= 4 is 11.7 Å². The minimum atomic E-state index is -0.0226. The SMILES string of the molecule is CN(Cc1ccccc1)C(=O)C1CCCN(c2cc(-n3cccn3)ncn2)C1. The van der Waals surface area contributed by atoms with Crippen molar-refractivity contribution < 1.29 is 4.79 Å². The first-order valence-electron chi connectivity index (χ1n) is 9.56. The normalized spacial score (nSPS) is 16.8. The summed E-state index contributed by atoms with van der Waals surface area (Å²) in [6.45, 7) is 2.20. The van der Waals surface area contributed by atoms with Crippen LogP contribution in [0.5, 0.6) is 0 Å². The average Bonchev–Trinajstić information content (AvgIpc) is 3.29. The zero-order valence-corrected chi connectivity index (χ0v) is 16.0. The summed E-state index contributed by atoms with van der Waals surface area (Å²) in [5.74, 6) is 1.73. The highest BCUT2D eigenvalue weighted by Crippen LogP contribution is 2.24. The first kappa shape index (κ1) is 18.2. The molecule has 0 aliphatic carbocycles. The van der Waals surface area contributed by atoms with E-state index in [2.05, 4.69) is 32.1 Å². The fourth-order valence-corrected chi connectivity index (χ4v) is 3.67. The third kappa shape index (κ3) is 4.03. The van der Waals surface area contributed by atoms with Crippen LogP contribution < -0.4 is 4.90 Å². The van der Waals surface area contributed by atoms with Gasteiger partial charge < -0.3 is 9.80 Å². The molecule has 0 saturated carbocycles. The van der Waals surface area contributed by atoms with Crippen LogP contribution in [0.1, 0.15) is 18.4 Å². The number of rotatable bonds is 5. The molecule has 1 aliphatic rings. The minimum Gasteiger partial charge on any atom is -0.356 e. The predicted octanol–water partition coefficient (Wildman–Crippen LogP) is 2.54. The van der Waals surface area contributed by atoms with Crippen molar-refractivity contribution in [2.45, 2.75) is 19.4 Å². The maximum atomic E-state index is 13.0. The molecule has 4 rings (SSSR count). The Labute approximate surface area is 164 Å². The summed E-state index contributed by atoms with van der Waals surface area (Å²) in [4.78, 5) is 25.7. The van der Waals surface area contributed by atoms with Crippen LogP contribution in [-0.4, -0.2) is 50.7 Å². The molecule has 3 heterocycles. The summed E-state index contributed by atoms with van der Waals surface area (Å²) in [5, 5.41) is 4.23. The Morgan fingerprint density at radius 3 is 2.79 bits per heavy atom. The lowest BCUT2D eigenvalue weighted by Gasteiger charge is -2.34. The fraction of sp³-hybridized carbons (Fsp3) is 0.333. The van der Waals surface area contributed by atoms with Gasteiger partial charge in [0.05, 0.1) is 5.92 Å². The van der Waals surface area contributed by atoms with E-state index >= 15 is 0 Å². The van der Waals surface area contributed by atoms with E-state index in [0.29, 0.717) is 13.1 Å². The molecule has 1 saturated heterocycles. The Balaban J connectivity index is 1.44. The minimum absolute atomic E-state index is 0.0226. The topological polar surface area (TPSA) is 67.2 Å². The summed E-state index contributed by atoms with van der Waals surface area (Å²) in [5.41, 5.74) is 1.14. The van der Waals surface area contributed by atoms with Crippen molar-refractivity contribution in [3.63, 3.8) is 0 Å². The Kier molecular flexibility index (Phi) is 5.32. The van der Waals surface area contributed by atoms with Crippen molar-refractivity contribution in [3.8, 4) is 5.82 Å². The second-order valence-electron chi connectivity index (χ2n) is 7.15. The Morgan fingerprint density at radius 2 is 2.00 bits per heavy atom. The van der Waals surface area contributed by atoms with E-state index in [1.807, 2.05) is 48.5 Å². The van der Waals surface area contributed by atoms with Gasteiger partial charge in [0.1, 0.15) is 12.1 Å². The number of hydrogen-bond acceptors (Lipinski definition) is 5. The first-order chi connectivity index (χ1) is 13.7. The van der Waals surface area contributed by atoms with E-state index in [9.17, 15) is 4.79 Å². The van der Waals surface area contributed by atoms with Gasteiger partial charge in [0.15, 0.2) is 5.82 Å². The Hall–Kier alpha value is -3.22. The van der Waals surface area contributed by atoms with Crippen LogP contribution in [0.15, 0.2) is 61.2 Å². The van der Waals surface area contributed by atoms with Crippen LogP contribution >= 0.6 is 0 Å². The van der Waals surface area contributed by atoms with E-state index in [-0.39, 0.29) is 11.8 Å². The lowest BCUT2D eigenvalue weighted by atomic mass is 9.96. The predicted molar refractivity (Wildman–Crippen MR) is 107 cm³/mol. The molecule has 2 aromatic heterocycles. The summed E-state index contributed by atoms with van der Waals surface area (Å²) in [7, 11) is 1.88. The van der Waals surface area contributed by atoms with Gasteiger partial charge >= 0.3 is 0 Å². The highest BCUT2D eigenvalue weighted by atomic mass is 16.2. The summed E-state index contributed by atoms with van der Waals surface area (Å²) in [6, 6.07) is 13.9. The number of benzene rings is 1. The van der Waals surface area contributed by atoms with Crippen molar-refractivity contribution in [1.82, 2.24) is 24.6 Å². The van der Waals surface area contributed by atoms with E-state index in [0.717, 1.165) is 36.6 Å². The molecule has 1 aliphatic heterocycles. The molecule has 28 heavy (non-hydrogen) atoms. The van der Waals surface area contributed by atoms with Crippen LogP contribution in [0.4, 0.5) is 5.82 Å². The molecule has 0 bridgehead atoms. The van der Waals surface area contributed by atoms with E-state index < -0.39 is 0 Å². The Morgan fingerprint density at radius 1 is 1.18 bits per heavy atom. The highest BCUT2D eigenvalue weighted by molar-refractivity contribution is 5.79. The van der Waals surface area contributed by atoms with Gasteiger partial charge in [-0.05, 0) is 24.5 Å². The van der Waals surface area contributed by atoms with Gasteiger partial charge in [-0.15, -0.1) is 0 Å². The molecule has 0 spiro atoms. The van der Waals surface area contributed by atoms with Gasteiger partial charge in [0, 0.05) is 45.1 Å². The number of carbonyl (C=O) groups is 1. The molecule has 0 N–H and O–H groups in total. The summed E-state index contributed by atoms with van der Waals surface area (Å²) in [6.07, 6.45) is 7.01. The highest BCUT2D eigenvalue weighted by Gasteiger charge is 2.28. The van der Waals surface area contributed by atoms with Crippen LogP contribution in [0.3, 0.4) is 0 Å². The maximum Gasteiger partial charge on any atom is 0.227 e. The average molecular weight is 376 g/mol. The Bertz CT molecular complexity index is 912. The quantitative estimate of drug-likeness (QED) is 0.685. The van der Waals surface area contributed by atoms with Crippen molar-refractivity contribution in [3.05, 3.63) is 66.7 Å². The number of amides is 1.